The van der Waals surface area contributed by atoms with E-state index in [1.165, 1.54) is 12.1 Å². The molecule has 3 aromatic rings. The second-order valence-corrected chi connectivity index (χ2v) is 7.21. The molecule has 0 aliphatic heterocycles. The first-order chi connectivity index (χ1) is 14.5. The Hall–Kier alpha value is -3.05. The molecule has 156 valence electrons. The lowest BCUT2D eigenvalue weighted by molar-refractivity contribution is 0.0740. The van der Waals surface area contributed by atoms with Crippen molar-refractivity contribution in [2.45, 2.75) is 13.0 Å². The predicted molar refractivity (Wildman–Crippen MR) is 116 cm³/mol. The molecular formula is C24H23ClFNO3. The molecule has 6 heteroatoms. The number of amides is 1. The second kappa shape index (κ2) is 10.1. The van der Waals surface area contributed by atoms with Crippen molar-refractivity contribution in [1.82, 2.24) is 4.90 Å². The Bertz CT molecular complexity index is 1010. The van der Waals surface area contributed by atoms with Crippen LogP contribution < -0.4 is 9.47 Å². The van der Waals surface area contributed by atoms with Gasteiger partial charge in [-0.1, -0.05) is 41.9 Å². The molecule has 3 aromatic carbocycles. The van der Waals surface area contributed by atoms with E-state index in [-0.39, 0.29) is 11.5 Å². The van der Waals surface area contributed by atoms with Gasteiger partial charge in [0.15, 0.2) is 11.5 Å². The van der Waals surface area contributed by atoms with Crippen LogP contribution >= 0.6 is 11.6 Å². The van der Waals surface area contributed by atoms with Crippen molar-refractivity contribution < 1.29 is 18.7 Å². The van der Waals surface area contributed by atoms with E-state index >= 15 is 0 Å². The number of carbonyl (C=O) groups excluding carboxylic acids is 1. The maximum atomic E-state index is 14.2. The molecule has 0 aliphatic rings. The molecule has 3 rings (SSSR count). The molecule has 0 saturated carbocycles. The van der Waals surface area contributed by atoms with Crippen LogP contribution in [-0.4, -0.2) is 31.6 Å². The third kappa shape index (κ3) is 5.30. The SMILES string of the molecule is COc1ccc(CCN(Cc2ccc(Cl)cc2)C(=O)c2ccccc2F)cc1OC. The molecule has 0 unspecified atom stereocenters. The molecule has 0 aromatic heterocycles. The Morgan fingerprint density at radius 2 is 1.60 bits per heavy atom. The summed E-state index contributed by atoms with van der Waals surface area (Å²) in [6.07, 6.45) is 0.578. The second-order valence-electron chi connectivity index (χ2n) is 6.77. The van der Waals surface area contributed by atoms with Gasteiger partial charge in [-0.15, -0.1) is 0 Å². The van der Waals surface area contributed by atoms with Gasteiger partial charge in [0.05, 0.1) is 19.8 Å². The third-order valence-corrected chi connectivity index (χ3v) is 5.05. The van der Waals surface area contributed by atoms with Crippen LogP contribution in [0.25, 0.3) is 0 Å². The van der Waals surface area contributed by atoms with Gasteiger partial charge in [-0.3, -0.25) is 4.79 Å². The Morgan fingerprint density at radius 1 is 0.933 bits per heavy atom. The van der Waals surface area contributed by atoms with Gasteiger partial charge >= 0.3 is 0 Å². The summed E-state index contributed by atoms with van der Waals surface area (Å²) < 4.78 is 24.9. The lowest BCUT2D eigenvalue weighted by Crippen LogP contribution is -2.33. The highest BCUT2D eigenvalue weighted by molar-refractivity contribution is 6.30. The zero-order chi connectivity index (χ0) is 21.5. The third-order valence-electron chi connectivity index (χ3n) is 4.80. The highest BCUT2D eigenvalue weighted by Gasteiger charge is 2.19. The van der Waals surface area contributed by atoms with E-state index in [9.17, 15) is 9.18 Å². The predicted octanol–water partition coefficient (Wildman–Crippen LogP) is 5.38. The smallest absolute Gasteiger partial charge is 0.257 e. The molecule has 0 heterocycles. The van der Waals surface area contributed by atoms with E-state index in [1.54, 1.807) is 43.4 Å². The van der Waals surface area contributed by atoms with E-state index in [0.29, 0.717) is 36.0 Å². The minimum atomic E-state index is -0.533. The summed E-state index contributed by atoms with van der Waals surface area (Å²) in [6, 6.07) is 18.9. The van der Waals surface area contributed by atoms with Gasteiger partial charge < -0.3 is 14.4 Å². The van der Waals surface area contributed by atoms with Crippen LogP contribution in [-0.2, 0) is 13.0 Å². The molecule has 0 aliphatic carbocycles. The lowest BCUT2D eigenvalue weighted by atomic mass is 10.1. The molecule has 0 atom stereocenters. The average molecular weight is 428 g/mol. The molecule has 0 spiro atoms. The number of carbonyl (C=O) groups is 1. The van der Waals surface area contributed by atoms with Gasteiger partial charge in [-0.25, -0.2) is 4.39 Å². The van der Waals surface area contributed by atoms with Crippen molar-refractivity contribution in [3.63, 3.8) is 0 Å². The quantitative estimate of drug-likeness (QED) is 0.484. The van der Waals surface area contributed by atoms with Crippen LogP contribution in [0.3, 0.4) is 0 Å². The maximum absolute atomic E-state index is 14.2. The van der Waals surface area contributed by atoms with Crippen LogP contribution in [0.2, 0.25) is 5.02 Å². The van der Waals surface area contributed by atoms with E-state index < -0.39 is 5.82 Å². The fraction of sp³-hybridized carbons (Fsp3) is 0.208. The number of nitrogens with zero attached hydrogens (tertiary/aromatic N) is 1. The molecule has 30 heavy (non-hydrogen) atoms. The Balaban J connectivity index is 1.82. The number of ether oxygens (including phenoxy) is 2. The molecule has 4 nitrogen and oxygen atoms in total. The Morgan fingerprint density at radius 3 is 2.27 bits per heavy atom. The molecule has 1 amide bonds. The zero-order valence-electron chi connectivity index (χ0n) is 16.9. The Labute approximate surface area is 180 Å². The number of hydrogen-bond donors (Lipinski definition) is 0. The number of methoxy groups -OCH3 is 2. The van der Waals surface area contributed by atoms with Crippen molar-refractivity contribution >= 4 is 17.5 Å². The van der Waals surface area contributed by atoms with Crippen LogP contribution in [0.5, 0.6) is 11.5 Å². The van der Waals surface area contributed by atoms with Crippen molar-refractivity contribution in [1.29, 1.82) is 0 Å². The van der Waals surface area contributed by atoms with E-state index in [0.717, 1.165) is 11.1 Å². The molecule has 0 fully saturated rings. The fourth-order valence-corrected chi connectivity index (χ4v) is 3.29. The zero-order valence-corrected chi connectivity index (χ0v) is 17.7. The summed E-state index contributed by atoms with van der Waals surface area (Å²) in [5.74, 6) is 0.375. The van der Waals surface area contributed by atoms with Crippen LogP contribution in [0.4, 0.5) is 4.39 Å². The van der Waals surface area contributed by atoms with E-state index in [1.807, 2.05) is 30.3 Å². The van der Waals surface area contributed by atoms with E-state index in [4.69, 9.17) is 21.1 Å². The molecule has 0 bridgehead atoms. The van der Waals surface area contributed by atoms with Gasteiger partial charge in [0, 0.05) is 18.1 Å². The van der Waals surface area contributed by atoms with Gasteiger partial charge in [0.1, 0.15) is 5.82 Å². The van der Waals surface area contributed by atoms with Crippen LogP contribution in [0.1, 0.15) is 21.5 Å². The van der Waals surface area contributed by atoms with E-state index in [2.05, 4.69) is 0 Å². The first-order valence-electron chi connectivity index (χ1n) is 9.51. The molecule has 0 saturated heterocycles. The summed E-state index contributed by atoms with van der Waals surface area (Å²) in [5, 5.41) is 0.621. The lowest BCUT2D eigenvalue weighted by Gasteiger charge is -2.23. The number of halogens is 2. The van der Waals surface area contributed by atoms with Crippen molar-refractivity contribution in [3.05, 3.63) is 94.3 Å². The molecule has 0 N–H and O–H groups in total. The number of benzene rings is 3. The minimum absolute atomic E-state index is 0.0544. The summed E-state index contributed by atoms with van der Waals surface area (Å²) in [6.45, 7) is 0.753. The monoisotopic (exact) mass is 427 g/mol. The van der Waals surface area contributed by atoms with Gasteiger partial charge in [0.2, 0.25) is 0 Å². The van der Waals surface area contributed by atoms with Crippen molar-refractivity contribution in [2.75, 3.05) is 20.8 Å². The molecule has 0 radical (unpaired) electrons. The van der Waals surface area contributed by atoms with Gasteiger partial charge in [-0.2, -0.15) is 0 Å². The summed E-state index contributed by atoms with van der Waals surface area (Å²) in [7, 11) is 3.16. The van der Waals surface area contributed by atoms with Gasteiger partial charge in [-0.05, 0) is 53.9 Å². The highest BCUT2D eigenvalue weighted by Crippen LogP contribution is 2.28. The van der Waals surface area contributed by atoms with Crippen LogP contribution in [0.15, 0.2) is 66.7 Å². The van der Waals surface area contributed by atoms with Crippen molar-refractivity contribution in [3.8, 4) is 11.5 Å². The molecular weight excluding hydrogens is 405 g/mol. The van der Waals surface area contributed by atoms with Gasteiger partial charge in [0.25, 0.3) is 5.91 Å². The number of hydrogen-bond acceptors (Lipinski definition) is 3. The Kier molecular flexibility index (Phi) is 7.31. The summed E-state index contributed by atoms with van der Waals surface area (Å²) in [4.78, 5) is 14.7. The number of rotatable bonds is 8. The largest absolute Gasteiger partial charge is 0.493 e. The first-order valence-corrected chi connectivity index (χ1v) is 9.88. The normalized spacial score (nSPS) is 10.5. The highest BCUT2D eigenvalue weighted by atomic mass is 35.5. The fourth-order valence-electron chi connectivity index (χ4n) is 3.17. The topological polar surface area (TPSA) is 38.8 Å². The standard InChI is InChI=1S/C24H23ClFNO3/c1-29-22-12-9-17(15-23(22)30-2)13-14-27(16-18-7-10-19(25)11-8-18)24(28)20-5-3-4-6-21(20)26/h3-12,15H,13-14,16H2,1-2H3. The van der Waals surface area contributed by atoms with Crippen molar-refractivity contribution in [2.24, 2.45) is 0 Å². The average Bonchev–Trinajstić information content (AvgIpc) is 2.77. The first kappa shape index (κ1) is 21.7. The summed E-state index contributed by atoms with van der Waals surface area (Å²) >= 11 is 5.97. The summed E-state index contributed by atoms with van der Waals surface area (Å²) in [5.41, 5.74) is 1.95. The van der Waals surface area contributed by atoms with Crippen LogP contribution in [0, 0.1) is 5.82 Å². The maximum Gasteiger partial charge on any atom is 0.257 e. The minimum Gasteiger partial charge on any atom is -0.493 e.